The lowest BCUT2D eigenvalue weighted by molar-refractivity contribution is -0.315. The molecular weight excluding hydrogens is 568 g/mol. The van der Waals surface area contributed by atoms with Crippen LogP contribution in [0.4, 0.5) is 0 Å². The van der Waals surface area contributed by atoms with Gasteiger partial charge in [0.2, 0.25) is 0 Å². The second-order valence-electron chi connectivity index (χ2n) is 14.0. The van der Waals surface area contributed by atoms with Crippen LogP contribution in [0.2, 0.25) is 0 Å². The summed E-state index contributed by atoms with van der Waals surface area (Å²) in [7, 11) is 1.37. The second-order valence-corrected chi connectivity index (χ2v) is 14.0. The number of aliphatic hydroxyl groups excluding tert-OH is 2. The Kier molecular flexibility index (Phi) is 9.07. The first-order valence-corrected chi connectivity index (χ1v) is 15.9. The molecule has 0 radical (unpaired) electrons. The summed E-state index contributed by atoms with van der Waals surface area (Å²) in [6.45, 7) is 8.97. The zero-order chi connectivity index (χ0) is 32.2. The van der Waals surface area contributed by atoms with E-state index in [1.54, 1.807) is 25.2 Å². The Hall–Kier alpha value is -2.37. The lowest BCUT2D eigenvalue weighted by Crippen LogP contribution is -2.65. The molecule has 0 unspecified atom stereocenters. The van der Waals surface area contributed by atoms with Gasteiger partial charge in [0.25, 0.3) is 0 Å². The Balaban J connectivity index is 1.50. The van der Waals surface area contributed by atoms with Gasteiger partial charge in [-0.3, -0.25) is 4.79 Å². The highest BCUT2D eigenvalue weighted by atomic mass is 16.7. The highest BCUT2D eigenvalue weighted by Gasteiger charge is 2.84. The van der Waals surface area contributed by atoms with Gasteiger partial charge in [0.15, 0.2) is 12.4 Å². The molecule has 5 rings (SSSR count). The number of esters is 1. The molecule has 5 aliphatic rings. The fourth-order valence-electron chi connectivity index (χ4n) is 9.99. The smallest absolute Gasteiger partial charge is 0.334 e. The summed E-state index contributed by atoms with van der Waals surface area (Å²) in [6, 6.07) is 0. The lowest BCUT2D eigenvalue weighted by Gasteiger charge is -2.58. The summed E-state index contributed by atoms with van der Waals surface area (Å²) < 4.78 is 23.6. The number of carboxylic acids is 1. The molecule has 44 heavy (non-hydrogen) atoms. The summed E-state index contributed by atoms with van der Waals surface area (Å²) in [4.78, 5) is 39.9. The minimum absolute atomic E-state index is 0.0212. The van der Waals surface area contributed by atoms with E-state index in [4.69, 9.17) is 18.9 Å². The molecule has 12 atom stereocenters. The van der Waals surface area contributed by atoms with Crippen LogP contribution in [0.5, 0.6) is 0 Å². The normalized spacial score (nSPS) is 44.6. The molecule has 10 heteroatoms. The molecule has 3 N–H and O–H groups in total. The number of hydrogen-bond acceptors (Lipinski definition) is 9. The van der Waals surface area contributed by atoms with E-state index in [-0.39, 0.29) is 30.3 Å². The summed E-state index contributed by atoms with van der Waals surface area (Å²) in [5.74, 6) is -1.48. The lowest BCUT2D eigenvalue weighted by atomic mass is 9.43. The van der Waals surface area contributed by atoms with Gasteiger partial charge in [-0.2, -0.15) is 0 Å². The maximum atomic E-state index is 13.7. The molecule has 4 aliphatic carbocycles. The van der Waals surface area contributed by atoms with Crippen molar-refractivity contribution in [3.05, 3.63) is 35.5 Å². The average Bonchev–Trinajstić information content (AvgIpc) is 3.57. The van der Waals surface area contributed by atoms with Gasteiger partial charge in [0.1, 0.15) is 30.0 Å². The fourth-order valence-corrected chi connectivity index (χ4v) is 9.99. The highest BCUT2D eigenvalue weighted by molar-refractivity contribution is 5.90. The molecule has 1 aliphatic heterocycles. The number of aliphatic carboxylic acids is 1. The predicted molar refractivity (Wildman–Crippen MR) is 159 cm³/mol. The monoisotopic (exact) mass is 616 g/mol. The van der Waals surface area contributed by atoms with Gasteiger partial charge < -0.3 is 39.1 Å². The van der Waals surface area contributed by atoms with Crippen LogP contribution in [0.25, 0.3) is 0 Å². The minimum atomic E-state index is -1.49. The summed E-state index contributed by atoms with van der Waals surface area (Å²) in [5.41, 5.74) is -2.35. The van der Waals surface area contributed by atoms with Gasteiger partial charge in [-0.15, -0.1) is 0 Å². The van der Waals surface area contributed by atoms with E-state index < -0.39 is 65.5 Å². The van der Waals surface area contributed by atoms with Gasteiger partial charge in [-0.1, -0.05) is 57.1 Å². The Bertz CT molecular complexity index is 1240. The van der Waals surface area contributed by atoms with E-state index in [1.165, 1.54) is 7.11 Å². The molecule has 0 amide bonds. The number of rotatable bonds is 11. The molecule has 0 aromatic carbocycles. The highest BCUT2D eigenvalue weighted by Crippen LogP contribution is 2.82. The second kappa shape index (κ2) is 12.1. The van der Waals surface area contributed by atoms with E-state index in [2.05, 4.69) is 13.0 Å². The van der Waals surface area contributed by atoms with Gasteiger partial charge in [-0.05, 0) is 62.7 Å². The minimum Gasteiger partial charge on any atom is -0.481 e. The Morgan fingerprint density at radius 3 is 2.52 bits per heavy atom. The van der Waals surface area contributed by atoms with Crippen molar-refractivity contribution in [1.29, 1.82) is 0 Å². The number of carboxylic acid groups (broad SMARTS) is 1. The summed E-state index contributed by atoms with van der Waals surface area (Å²) in [6.07, 6.45) is 4.85. The van der Waals surface area contributed by atoms with Crippen molar-refractivity contribution in [2.75, 3.05) is 20.3 Å². The first-order valence-electron chi connectivity index (χ1n) is 15.9. The molecular formula is C34H48O10. The maximum Gasteiger partial charge on any atom is 0.334 e. The Morgan fingerprint density at radius 1 is 1.20 bits per heavy atom. The quantitative estimate of drug-likeness (QED) is 0.104. The maximum absolute atomic E-state index is 13.7. The van der Waals surface area contributed by atoms with E-state index in [0.717, 1.165) is 24.7 Å². The van der Waals surface area contributed by atoms with Crippen LogP contribution in [0.1, 0.15) is 60.3 Å². The van der Waals surface area contributed by atoms with E-state index in [0.29, 0.717) is 24.3 Å². The molecule has 4 bridgehead atoms. The van der Waals surface area contributed by atoms with Crippen LogP contribution >= 0.6 is 0 Å². The van der Waals surface area contributed by atoms with Crippen molar-refractivity contribution in [3.8, 4) is 0 Å². The SMILES string of the molecule is C/C=C/C=C(/C)C(=O)O[C@H]1[C@H](O)[C@H](OC[C@@]23C[C@@H]4[C@H](C)CC[C@H]4[C@@]4(C=O)C[C@@H]2C=C(C(C)C)[C@@]34C(=O)O)O[C@H](CO)[C@H]1OC. The Labute approximate surface area is 259 Å². The standard InChI is InChI=1S/C34H48O10/c1-7-8-9-20(5)29(38)44-28-26(37)30(43-25(15-35)27(28)41-6)42-17-33-14-22-19(4)10-11-23(22)32(16-36)13-21(33)12-24(18(2)3)34(32,33)31(39)40/h7-9,12,16,18-19,21-23,25-28,30,35,37H,10-11,13-15,17H2,1-6H3,(H,39,40)/b8-7+,20-9-/t19-,21+,22-,23-,25-,26+,27-,28+,30-,32+,33+,34+/m1/s1. The topological polar surface area (TPSA) is 149 Å². The van der Waals surface area contributed by atoms with Crippen molar-refractivity contribution in [2.45, 2.75) is 91.0 Å². The molecule has 0 aromatic rings. The van der Waals surface area contributed by atoms with Crippen molar-refractivity contribution in [1.82, 2.24) is 0 Å². The number of hydrogen-bond donors (Lipinski definition) is 3. The van der Waals surface area contributed by atoms with E-state index in [1.807, 2.05) is 20.8 Å². The predicted octanol–water partition coefficient (Wildman–Crippen LogP) is 3.45. The number of methoxy groups -OCH3 is 1. The van der Waals surface area contributed by atoms with Gasteiger partial charge in [-0.25, -0.2) is 4.79 Å². The number of allylic oxidation sites excluding steroid dienone is 4. The molecule has 10 nitrogen and oxygen atoms in total. The van der Waals surface area contributed by atoms with Crippen molar-refractivity contribution >= 4 is 18.2 Å². The van der Waals surface area contributed by atoms with Crippen molar-refractivity contribution in [2.24, 2.45) is 45.8 Å². The van der Waals surface area contributed by atoms with E-state index in [9.17, 15) is 29.7 Å². The average molecular weight is 617 g/mol. The van der Waals surface area contributed by atoms with Crippen molar-refractivity contribution < 1.29 is 48.7 Å². The number of fused-ring (bicyclic) bond motifs is 2. The van der Waals surface area contributed by atoms with Crippen LogP contribution in [-0.2, 0) is 33.3 Å². The van der Waals surface area contributed by atoms with Crippen LogP contribution < -0.4 is 0 Å². The van der Waals surface area contributed by atoms with Crippen molar-refractivity contribution in [3.63, 3.8) is 0 Å². The van der Waals surface area contributed by atoms with Gasteiger partial charge in [0.05, 0.1) is 18.6 Å². The molecule has 1 heterocycles. The third-order valence-electron chi connectivity index (χ3n) is 11.8. The number of carbonyl (C=O) groups is 3. The Morgan fingerprint density at radius 2 is 1.93 bits per heavy atom. The molecule has 4 fully saturated rings. The largest absolute Gasteiger partial charge is 0.481 e. The number of carbonyl (C=O) groups excluding carboxylic acids is 2. The molecule has 3 saturated carbocycles. The molecule has 244 valence electrons. The summed E-state index contributed by atoms with van der Waals surface area (Å²) >= 11 is 0. The van der Waals surface area contributed by atoms with Gasteiger partial charge >= 0.3 is 11.9 Å². The number of aliphatic hydroxyl groups is 2. The zero-order valence-corrected chi connectivity index (χ0v) is 26.6. The van der Waals surface area contributed by atoms with Crippen LogP contribution in [-0.4, -0.2) is 84.6 Å². The first kappa shape index (κ1) is 33.0. The van der Waals surface area contributed by atoms with Crippen LogP contribution in [0.15, 0.2) is 35.5 Å². The number of ether oxygens (including phenoxy) is 4. The molecule has 1 saturated heterocycles. The van der Waals surface area contributed by atoms with Crippen LogP contribution in [0.3, 0.4) is 0 Å². The number of aldehydes is 1. The third kappa shape index (κ3) is 4.42. The molecule has 0 spiro atoms. The fraction of sp³-hybridized carbons (Fsp3) is 0.735. The van der Waals surface area contributed by atoms with Crippen LogP contribution in [0, 0.1) is 45.8 Å². The summed E-state index contributed by atoms with van der Waals surface area (Å²) in [5, 5.41) is 32.9. The van der Waals surface area contributed by atoms with E-state index >= 15 is 0 Å². The molecule has 0 aromatic heterocycles. The third-order valence-corrected chi connectivity index (χ3v) is 11.8. The van der Waals surface area contributed by atoms with Gasteiger partial charge in [0, 0.05) is 18.1 Å². The zero-order valence-electron chi connectivity index (χ0n) is 26.6. The first-order chi connectivity index (χ1) is 20.9.